The van der Waals surface area contributed by atoms with Gasteiger partial charge in [-0.15, -0.1) is 0 Å². The third kappa shape index (κ3) is 1.92. The van der Waals surface area contributed by atoms with Crippen LogP contribution in [-0.4, -0.2) is 9.55 Å². The normalized spacial score (nSPS) is 10.5. The average Bonchev–Trinajstić information content (AvgIpc) is 2.77. The fraction of sp³-hybridized carbons (Fsp3) is 0.250. The van der Waals surface area contributed by atoms with E-state index < -0.39 is 0 Å². The average molecular weight is 201 g/mol. The molecule has 3 heteroatoms. The zero-order valence-corrected chi connectivity index (χ0v) is 8.85. The van der Waals surface area contributed by atoms with Crippen molar-refractivity contribution < 1.29 is 0 Å². The first-order chi connectivity index (χ1) is 7.35. The van der Waals surface area contributed by atoms with Gasteiger partial charge in [-0.1, -0.05) is 24.3 Å². The molecular weight excluding hydrogens is 186 g/mol. The molecule has 1 aromatic carbocycles. The minimum Gasteiger partial charge on any atom is -0.331 e. The van der Waals surface area contributed by atoms with Crippen LogP contribution in [0.25, 0.3) is 11.3 Å². The first-order valence-electron chi connectivity index (χ1n) is 5.14. The maximum atomic E-state index is 5.56. The largest absolute Gasteiger partial charge is 0.331 e. The van der Waals surface area contributed by atoms with Gasteiger partial charge in [-0.05, 0) is 18.1 Å². The van der Waals surface area contributed by atoms with Crippen LogP contribution in [0.2, 0.25) is 0 Å². The van der Waals surface area contributed by atoms with Crippen molar-refractivity contribution in [1.82, 2.24) is 9.55 Å². The third-order valence-corrected chi connectivity index (χ3v) is 2.54. The van der Waals surface area contributed by atoms with E-state index in [1.165, 1.54) is 5.56 Å². The number of hydrogen-bond donors (Lipinski definition) is 1. The van der Waals surface area contributed by atoms with Crippen molar-refractivity contribution in [1.29, 1.82) is 0 Å². The lowest BCUT2D eigenvalue weighted by atomic mass is 10.1. The summed E-state index contributed by atoms with van der Waals surface area (Å²) in [7, 11) is 0. The van der Waals surface area contributed by atoms with Crippen LogP contribution in [0.15, 0.2) is 36.8 Å². The van der Waals surface area contributed by atoms with Crippen LogP contribution in [0.5, 0.6) is 0 Å². The fourth-order valence-electron chi connectivity index (χ4n) is 1.62. The van der Waals surface area contributed by atoms with Crippen LogP contribution < -0.4 is 5.73 Å². The van der Waals surface area contributed by atoms with Gasteiger partial charge in [0.2, 0.25) is 0 Å². The summed E-state index contributed by atoms with van der Waals surface area (Å²) in [6, 6.07) is 8.29. The van der Waals surface area contributed by atoms with Crippen molar-refractivity contribution in [2.24, 2.45) is 5.73 Å². The van der Waals surface area contributed by atoms with Crippen LogP contribution >= 0.6 is 0 Å². The molecule has 0 spiro atoms. The lowest BCUT2D eigenvalue weighted by Crippen LogP contribution is -1.97. The molecule has 0 aliphatic rings. The molecule has 0 amide bonds. The quantitative estimate of drug-likeness (QED) is 0.825. The minimum atomic E-state index is 0.591. The molecule has 15 heavy (non-hydrogen) atoms. The summed E-state index contributed by atoms with van der Waals surface area (Å²) in [5.41, 5.74) is 9.05. The van der Waals surface area contributed by atoms with Gasteiger partial charge in [-0.25, -0.2) is 4.98 Å². The maximum absolute atomic E-state index is 5.56. The van der Waals surface area contributed by atoms with E-state index in [2.05, 4.69) is 40.7 Å². The second-order valence-corrected chi connectivity index (χ2v) is 3.47. The van der Waals surface area contributed by atoms with E-state index in [0.29, 0.717) is 6.54 Å². The summed E-state index contributed by atoms with van der Waals surface area (Å²) in [5.74, 6) is 0. The summed E-state index contributed by atoms with van der Waals surface area (Å²) in [6.07, 6.45) is 3.74. The van der Waals surface area contributed by atoms with Gasteiger partial charge < -0.3 is 10.3 Å². The molecule has 2 rings (SSSR count). The highest BCUT2D eigenvalue weighted by Crippen LogP contribution is 2.19. The van der Waals surface area contributed by atoms with Gasteiger partial charge in [0.1, 0.15) is 0 Å². The van der Waals surface area contributed by atoms with Gasteiger partial charge in [-0.3, -0.25) is 0 Å². The highest BCUT2D eigenvalue weighted by atomic mass is 15.0. The number of benzene rings is 1. The lowest BCUT2D eigenvalue weighted by molar-refractivity contribution is 0.769. The Balaban J connectivity index is 2.37. The molecule has 0 fully saturated rings. The summed E-state index contributed by atoms with van der Waals surface area (Å²) in [6.45, 7) is 3.64. The van der Waals surface area contributed by atoms with Crippen LogP contribution in [-0.2, 0) is 13.1 Å². The van der Waals surface area contributed by atoms with E-state index >= 15 is 0 Å². The molecule has 0 atom stereocenters. The predicted octanol–water partition coefficient (Wildman–Crippen LogP) is 2.03. The predicted molar refractivity (Wildman–Crippen MR) is 61.2 cm³/mol. The summed E-state index contributed by atoms with van der Waals surface area (Å²) < 4.78 is 2.12. The highest BCUT2D eigenvalue weighted by Gasteiger charge is 2.02. The Kier molecular flexibility index (Phi) is 2.83. The number of aryl methyl sites for hydroxylation is 1. The molecule has 0 unspecified atom stereocenters. The number of nitrogens with zero attached hydrogens (tertiary/aromatic N) is 2. The van der Waals surface area contributed by atoms with Crippen molar-refractivity contribution >= 4 is 0 Å². The fourth-order valence-corrected chi connectivity index (χ4v) is 1.62. The van der Waals surface area contributed by atoms with Crippen molar-refractivity contribution in [2.45, 2.75) is 20.0 Å². The van der Waals surface area contributed by atoms with Crippen LogP contribution in [0.1, 0.15) is 12.5 Å². The summed E-state index contributed by atoms with van der Waals surface area (Å²) >= 11 is 0. The van der Waals surface area contributed by atoms with E-state index in [-0.39, 0.29) is 0 Å². The molecule has 0 bridgehead atoms. The molecule has 0 saturated heterocycles. The maximum Gasteiger partial charge on any atom is 0.0950 e. The van der Waals surface area contributed by atoms with E-state index in [1.807, 2.05) is 12.5 Å². The molecule has 1 heterocycles. The van der Waals surface area contributed by atoms with Gasteiger partial charge in [0.05, 0.1) is 18.2 Å². The van der Waals surface area contributed by atoms with Crippen LogP contribution in [0.4, 0.5) is 0 Å². The van der Waals surface area contributed by atoms with E-state index in [1.54, 1.807) is 0 Å². The summed E-state index contributed by atoms with van der Waals surface area (Å²) in [5, 5.41) is 0. The monoisotopic (exact) mass is 201 g/mol. The zero-order chi connectivity index (χ0) is 10.7. The second-order valence-electron chi connectivity index (χ2n) is 3.47. The standard InChI is InChI=1S/C12H15N3/c1-2-15-9-14-8-12(15)11-5-3-10(7-13)4-6-11/h3-6,8-9H,2,7,13H2,1H3. The second kappa shape index (κ2) is 4.28. The van der Waals surface area contributed by atoms with E-state index in [4.69, 9.17) is 5.73 Å². The number of nitrogens with two attached hydrogens (primary N) is 1. The van der Waals surface area contributed by atoms with Gasteiger partial charge in [-0.2, -0.15) is 0 Å². The van der Waals surface area contributed by atoms with Crippen LogP contribution in [0.3, 0.4) is 0 Å². The van der Waals surface area contributed by atoms with Crippen molar-refractivity contribution in [2.75, 3.05) is 0 Å². The third-order valence-electron chi connectivity index (χ3n) is 2.54. The zero-order valence-electron chi connectivity index (χ0n) is 8.85. The van der Waals surface area contributed by atoms with Gasteiger partial charge >= 0.3 is 0 Å². The first kappa shape index (κ1) is 9.93. The Morgan fingerprint density at radius 2 is 2.00 bits per heavy atom. The Morgan fingerprint density at radius 1 is 1.27 bits per heavy atom. The molecular formula is C12H15N3. The molecule has 2 N–H and O–H groups in total. The molecule has 0 saturated carbocycles. The number of imidazole rings is 1. The topological polar surface area (TPSA) is 43.8 Å². The molecule has 0 radical (unpaired) electrons. The Labute approximate surface area is 89.6 Å². The van der Waals surface area contributed by atoms with Crippen molar-refractivity contribution in [3.05, 3.63) is 42.4 Å². The lowest BCUT2D eigenvalue weighted by Gasteiger charge is -2.05. The van der Waals surface area contributed by atoms with Gasteiger partial charge in [0.15, 0.2) is 0 Å². The number of hydrogen-bond acceptors (Lipinski definition) is 2. The smallest absolute Gasteiger partial charge is 0.0950 e. The highest BCUT2D eigenvalue weighted by molar-refractivity contribution is 5.59. The van der Waals surface area contributed by atoms with E-state index in [0.717, 1.165) is 17.8 Å². The number of rotatable bonds is 3. The van der Waals surface area contributed by atoms with E-state index in [9.17, 15) is 0 Å². The van der Waals surface area contributed by atoms with Crippen molar-refractivity contribution in [3.8, 4) is 11.3 Å². The van der Waals surface area contributed by atoms with Gasteiger partial charge in [0.25, 0.3) is 0 Å². The van der Waals surface area contributed by atoms with Crippen LogP contribution in [0, 0.1) is 0 Å². The Morgan fingerprint density at radius 3 is 2.60 bits per heavy atom. The molecule has 78 valence electrons. The molecule has 0 aliphatic carbocycles. The first-order valence-corrected chi connectivity index (χ1v) is 5.14. The molecule has 3 nitrogen and oxygen atoms in total. The minimum absolute atomic E-state index is 0.591. The molecule has 2 aromatic rings. The molecule has 0 aliphatic heterocycles. The Hall–Kier alpha value is -1.61. The summed E-state index contributed by atoms with van der Waals surface area (Å²) in [4.78, 5) is 4.15. The van der Waals surface area contributed by atoms with Gasteiger partial charge in [0, 0.05) is 13.1 Å². The SMILES string of the molecule is CCn1cncc1-c1ccc(CN)cc1. The Bertz CT molecular complexity index is 428. The molecule has 1 aromatic heterocycles. The van der Waals surface area contributed by atoms with Crippen molar-refractivity contribution in [3.63, 3.8) is 0 Å². The number of aromatic nitrogens is 2.